The van der Waals surface area contributed by atoms with E-state index in [4.69, 9.17) is 14.4 Å². The Hall–Kier alpha value is -7.43. The number of furan rings is 1. The highest BCUT2D eigenvalue weighted by molar-refractivity contribution is 6.16. The van der Waals surface area contributed by atoms with E-state index in [1.807, 2.05) is 24.4 Å². The number of para-hydroxylation sites is 1. The maximum absolute atomic E-state index is 6.53. The van der Waals surface area contributed by atoms with Crippen LogP contribution in [-0.4, -0.2) is 15.0 Å². The van der Waals surface area contributed by atoms with Crippen molar-refractivity contribution in [3.05, 3.63) is 211 Å². The number of rotatable bonds is 3. The minimum absolute atomic E-state index is 0.664. The summed E-state index contributed by atoms with van der Waals surface area (Å²) in [6, 6.07) is 63.0. The van der Waals surface area contributed by atoms with Crippen LogP contribution in [0.4, 0.5) is 0 Å². The molecular formula is C52H31N3O. The van der Waals surface area contributed by atoms with Gasteiger partial charge in [-0.15, -0.1) is 0 Å². The maximum Gasteiger partial charge on any atom is 0.160 e. The van der Waals surface area contributed by atoms with Crippen LogP contribution in [0, 0.1) is 0 Å². The Balaban J connectivity index is 1.22. The third kappa shape index (κ3) is 4.27. The van der Waals surface area contributed by atoms with Crippen molar-refractivity contribution in [3.63, 3.8) is 0 Å². The molecule has 0 amide bonds. The standard InChI is InChI=1S/C52H31N3O/c1-2-13-32(14-3-1)45-30-46(34-15-12-28-53-31-34)55-51(54-45)33-24-25-38-36-17-5-4-16-35(36)37-18-6-9-21-41(37)52(44(38)29-33)42-22-10-7-19-39(42)49-43(52)26-27-48-50(49)40-20-8-11-23-47(40)56-48/h1-31H. The van der Waals surface area contributed by atoms with Crippen LogP contribution in [0.25, 0.3) is 89.2 Å². The second kappa shape index (κ2) is 11.8. The first-order chi connectivity index (χ1) is 27.8. The molecule has 4 nitrogen and oxygen atoms in total. The fourth-order valence-electron chi connectivity index (χ4n) is 9.53. The van der Waals surface area contributed by atoms with Crippen LogP contribution in [0.3, 0.4) is 0 Å². The molecule has 0 saturated carbocycles. The largest absolute Gasteiger partial charge is 0.456 e. The lowest BCUT2D eigenvalue weighted by Gasteiger charge is -2.35. The van der Waals surface area contributed by atoms with Crippen LogP contribution < -0.4 is 0 Å². The second-order valence-electron chi connectivity index (χ2n) is 14.7. The van der Waals surface area contributed by atoms with Gasteiger partial charge in [0, 0.05) is 39.9 Å². The normalized spacial score (nSPS) is 14.9. The predicted molar refractivity (Wildman–Crippen MR) is 225 cm³/mol. The van der Waals surface area contributed by atoms with Gasteiger partial charge < -0.3 is 4.42 Å². The third-order valence-electron chi connectivity index (χ3n) is 11.8. The summed E-state index contributed by atoms with van der Waals surface area (Å²) in [7, 11) is 0. The molecule has 56 heavy (non-hydrogen) atoms. The summed E-state index contributed by atoms with van der Waals surface area (Å²) in [6.45, 7) is 0. The molecule has 3 aromatic heterocycles. The molecule has 2 aliphatic rings. The lowest BCUT2D eigenvalue weighted by Crippen LogP contribution is -2.29. The van der Waals surface area contributed by atoms with Gasteiger partial charge in [0.25, 0.3) is 0 Å². The molecule has 0 bridgehead atoms. The zero-order chi connectivity index (χ0) is 36.8. The molecule has 1 atom stereocenters. The number of benzene rings is 7. The van der Waals surface area contributed by atoms with Crippen LogP contribution in [0.1, 0.15) is 22.3 Å². The summed E-state index contributed by atoms with van der Waals surface area (Å²) in [5.41, 5.74) is 17.9. The number of hydrogen-bond donors (Lipinski definition) is 0. The van der Waals surface area contributed by atoms with Gasteiger partial charge in [-0.2, -0.15) is 0 Å². The summed E-state index contributed by atoms with van der Waals surface area (Å²) < 4.78 is 6.53. The SMILES string of the molecule is c1ccc(-c2cc(-c3cccnc3)nc(-c3ccc4c(c3)C3(c5ccccc5-c5ccccc5-4)c4ccccc4-c4c3ccc3oc5ccccc5c43)n2)cc1. The number of aromatic nitrogens is 3. The van der Waals surface area contributed by atoms with E-state index in [9.17, 15) is 0 Å². The molecular weight excluding hydrogens is 683 g/mol. The van der Waals surface area contributed by atoms with E-state index >= 15 is 0 Å². The van der Waals surface area contributed by atoms with E-state index in [1.165, 1.54) is 55.6 Å². The van der Waals surface area contributed by atoms with Crippen LogP contribution in [0.5, 0.6) is 0 Å². The number of nitrogens with zero attached hydrogens (tertiary/aromatic N) is 3. The van der Waals surface area contributed by atoms with Gasteiger partial charge in [0.05, 0.1) is 16.8 Å². The molecule has 260 valence electrons. The monoisotopic (exact) mass is 713 g/mol. The molecule has 3 heterocycles. The number of hydrogen-bond acceptors (Lipinski definition) is 4. The predicted octanol–water partition coefficient (Wildman–Crippen LogP) is 12.8. The topological polar surface area (TPSA) is 51.8 Å². The molecule has 2 aliphatic carbocycles. The van der Waals surface area contributed by atoms with Gasteiger partial charge in [-0.25, -0.2) is 9.97 Å². The lowest BCUT2D eigenvalue weighted by molar-refractivity contribution is 0.668. The van der Waals surface area contributed by atoms with Crippen molar-refractivity contribution in [2.24, 2.45) is 0 Å². The van der Waals surface area contributed by atoms with Crippen molar-refractivity contribution < 1.29 is 4.42 Å². The Morgan fingerprint density at radius 1 is 0.411 bits per heavy atom. The van der Waals surface area contributed by atoms with Crippen LogP contribution in [0.15, 0.2) is 193 Å². The van der Waals surface area contributed by atoms with E-state index in [1.54, 1.807) is 6.20 Å². The zero-order valence-corrected chi connectivity index (χ0v) is 30.1. The van der Waals surface area contributed by atoms with Gasteiger partial charge in [-0.1, -0.05) is 140 Å². The Bertz CT molecular complexity index is 3140. The first-order valence-corrected chi connectivity index (χ1v) is 19.0. The molecule has 0 radical (unpaired) electrons. The molecule has 10 aromatic rings. The Labute approximate surface area is 323 Å². The van der Waals surface area contributed by atoms with E-state index in [0.29, 0.717) is 5.82 Å². The first kappa shape index (κ1) is 31.0. The smallest absolute Gasteiger partial charge is 0.160 e. The fraction of sp³-hybridized carbons (Fsp3) is 0.0192. The molecule has 0 N–H and O–H groups in total. The van der Waals surface area contributed by atoms with Gasteiger partial charge in [-0.05, 0) is 92.0 Å². The molecule has 0 fully saturated rings. The van der Waals surface area contributed by atoms with E-state index < -0.39 is 5.41 Å². The maximum atomic E-state index is 6.53. The Kier molecular flexibility index (Phi) is 6.52. The highest BCUT2D eigenvalue weighted by Gasteiger charge is 2.50. The van der Waals surface area contributed by atoms with Crippen LogP contribution >= 0.6 is 0 Å². The molecule has 4 heteroatoms. The number of fused-ring (bicyclic) bond motifs is 16. The zero-order valence-electron chi connectivity index (χ0n) is 30.1. The Morgan fingerprint density at radius 3 is 1.84 bits per heavy atom. The third-order valence-corrected chi connectivity index (χ3v) is 11.8. The highest BCUT2D eigenvalue weighted by Crippen LogP contribution is 2.63. The summed E-state index contributed by atoms with van der Waals surface area (Å²) in [4.78, 5) is 15.0. The summed E-state index contributed by atoms with van der Waals surface area (Å²) in [6.07, 6.45) is 3.66. The molecule has 12 rings (SSSR count). The summed E-state index contributed by atoms with van der Waals surface area (Å²) in [5.74, 6) is 0.664. The highest BCUT2D eigenvalue weighted by atomic mass is 16.3. The van der Waals surface area contributed by atoms with Crippen LogP contribution in [-0.2, 0) is 5.41 Å². The molecule has 7 aromatic carbocycles. The van der Waals surface area contributed by atoms with Gasteiger partial charge in [0.15, 0.2) is 5.82 Å². The van der Waals surface area contributed by atoms with Crippen molar-refractivity contribution in [2.45, 2.75) is 5.41 Å². The molecule has 0 saturated heterocycles. The average Bonchev–Trinajstić information content (AvgIpc) is 3.77. The fourth-order valence-corrected chi connectivity index (χ4v) is 9.53. The average molecular weight is 714 g/mol. The van der Waals surface area contributed by atoms with Crippen molar-refractivity contribution in [1.29, 1.82) is 0 Å². The van der Waals surface area contributed by atoms with Gasteiger partial charge in [0.1, 0.15) is 11.2 Å². The van der Waals surface area contributed by atoms with Crippen LogP contribution in [0.2, 0.25) is 0 Å². The summed E-state index contributed by atoms with van der Waals surface area (Å²) in [5, 5.41) is 2.28. The van der Waals surface area contributed by atoms with Gasteiger partial charge in [0.2, 0.25) is 0 Å². The van der Waals surface area contributed by atoms with Gasteiger partial charge in [-0.3, -0.25) is 4.98 Å². The number of pyridine rings is 1. The van der Waals surface area contributed by atoms with Gasteiger partial charge >= 0.3 is 0 Å². The minimum atomic E-state index is -0.678. The Morgan fingerprint density at radius 2 is 1.05 bits per heavy atom. The minimum Gasteiger partial charge on any atom is -0.456 e. The lowest BCUT2D eigenvalue weighted by atomic mass is 9.65. The molecule has 1 spiro atoms. The quantitative estimate of drug-likeness (QED) is 0.183. The van der Waals surface area contributed by atoms with E-state index in [0.717, 1.165) is 50.0 Å². The van der Waals surface area contributed by atoms with E-state index in [2.05, 4.69) is 163 Å². The van der Waals surface area contributed by atoms with Crippen molar-refractivity contribution in [2.75, 3.05) is 0 Å². The molecule has 0 aliphatic heterocycles. The second-order valence-corrected chi connectivity index (χ2v) is 14.7. The van der Waals surface area contributed by atoms with Crippen molar-refractivity contribution in [1.82, 2.24) is 15.0 Å². The van der Waals surface area contributed by atoms with E-state index in [-0.39, 0.29) is 0 Å². The molecule has 1 unspecified atom stereocenters. The van der Waals surface area contributed by atoms with Crippen molar-refractivity contribution in [3.8, 4) is 67.3 Å². The van der Waals surface area contributed by atoms with Crippen molar-refractivity contribution >= 4 is 21.9 Å². The summed E-state index contributed by atoms with van der Waals surface area (Å²) >= 11 is 0. The first-order valence-electron chi connectivity index (χ1n) is 19.0.